The Labute approximate surface area is 278 Å². The van der Waals surface area contributed by atoms with Crippen LogP contribution >= 0.6 is 23.2 Å². The van der Waals surface area contributed by atoms with Gasteiger partial charge in [0.2, 0.25) is 17.6 Å². The van der Waals surface area contributed by atoms with Crippen molar-refractivity contribution in [2.45, 2.75) is 28.5 Å². The van der Waals surface area contributed by atoms with Crippen molar-refractivity contribution in [2.75, 3.05) is 9.80 Å². The lowest BCUT2D eigenvalue weighted by atomic mass is 9.56. The largest absolute Gasteiger partial charge is 0.508 e. The number of nitrogens with zero attached hydrogens (tertiary/aromatic N) is 2. The van der Waals surface area contributed by atoms with Gasteiger partial charge in [-0.2, -0.15) is 0 Å². The van der Waals surface area contributed by atoms with Crippen molar-refractivity contribution in [3.8, 4) is 5.75 Å². The van der Waals surface area contributed by atoms with Gasteiger partial charge in [0.05, 0.1) is 17.5 Å². The number of fused-ring (bicyclic) bond motifs is 4. The monoisotopic (exact) mass is 702 g/mol. The van der Waals surface area contributed by atoms with E-state index < -0.39 is 98.2 Å². The SMILES string of the molecule is C=Cc1ccc(N2C(=O)C3CC=C4C(CC5(Cl)C(=O)N(c6c(F)c(F)c(F)c(F)c6F)C(=O)C5(Cl)C4c4cccc(O)c4)C3C2=O)cc1. The minimum atomic E-state index is -2.67. The van der Waals surface area contributed by atoms with Crippen LogP contribution in [-0.4, -0.2) is 38.5 Å². The Morgan fingerprint density at radius 2 is 1.44 bits per heavy atom. The fourth-order valence-electron chi connectivity index (χ4n) is 7.66. The summed E-state index contributed by atoms with van der Waals surface area (Å²) in [6.07, 6.45) is 2.52. The second-order valence-corrected chi connectivity index (χ2v) is 13.3. The summed E-state index contributed by atoms with van der Waals surface area (Å²) in [6, 6.07) is 11.7. The Morgan fingerprint density at radius 1 is 0.812 bits per heavy atom. The summed E-state index contributed by atoms with van der Waals surface area (Å²) in [5.74, 6) is -21.5. The van der Waals surface area contributed by atoms with Gasteiger partial charge in [0, 0.05) is 5.92 Å². The van der Waals surface area contributed by atoms with E-state index >= 15 is 8.78 Å². The molecule has 2 aliphatic carbocycles. The van der Waals surface area contributed by atoms with Crippen LogP contribution in [0.1, 0.15) is 29.9 Å². The first-order chi connectivity index (χ1) is 22.7. The molecule has 1 saturated carbocycles. The van der Waals surface area contributed by atoms with Crippen molar-refractivity contribution in [1.82, 2.24) is 0 Å². The third kappa shape index (κ3) is 3.99. The Bertz CT molecular complexity index is 2010. The normalized spacial score (nSPS) is 29.5. The van der Waals surface area contributed by atoms with Gasteiger partial charge in [-0.1, -0.05) is 48.6 Å². The minimum absolute atomic E-state index is 0.0105. The molecule has 246 valence electrons. The van der Waals surface area contributed by atoms with E-state index in [0.717, 1.165) is 10.5 Å². The molecule has 7 nitrogen and oxygen atoms in total. The van der Waals surface area contributed by atoms with E-state index in [1.165, 1.54) is 24.3 Å². The maximum atomic E-state index is 15.1. The number of allylic oxidation sites excluding steroid dienone is 2. The number of anilines is 2. The summed E-state index contributed by atoms with van der Waals surface area (Å²) < 4.78 is 72.9. The smallest absolute Gasteiger partial charge is 0.258 e. The van der Waals surface area contributed by atoms with E-state index in [9.17, 15) is 37.5 Å². The molecule has 4 aliphatic rings. The number of amides is 4. The standard InChI is InChI=1S/C34H21Cl2F5N2O5/c1-2-14-6-8-16(9-7-14)42-29(45)19-11-10-18-20(21(19)30(42)46)13-33(35)31(47)43(28-26(40)24(38)23(37)25(39)27(28)41)32(48)34(33,36)22(18)15-4-3-5-17(44)12-15/h2-10,12,19-22,44H,1,11,13H2. The molecule has 0 radical (unpaired) electrons. The highest BCUT2D eigenvalue weighted by Gasteiger charge is 2.77. The topological polar surface area (TPSA) is 95.0 Å². The van der Waals surface area contributed by atoms with Gasteiger partial charge in [0.15, 0.2) is 33.0 Å². The summed E-state index contributed by atoms with van der Waals surface area (Å²) in [4.78, 5) is 51.7. The Balaban J connectivity index is 1.41. The van der Waals surface area contributed by atoms with Crippen molar-refractivity contribution < 1.29 is 46.2 Å². The van der Waals surface area contributed by atoms with Crippen LogP contribution < -0.4 is 9.80 Å². The van der Waals surface area contributed by atoms with Crippen molar-refractivity contribution in [2.24, 2.45) is 17.8 Å². The van der Waals surface area contributed by atoms with Gasteiger partial charge in [-0.05, 0) is 54.2 Å². The fraction of sp³-hybridized carbons (Fsp3) is 0.235. The molecule has 3 aromatic carbocycles. The number of aromatic hydroxyl groups is 1. The number of hydrogen-bond donors (Lipinski definition) is 1. The van der Waals surface area contributed by atoms with Crippen LogP contribution in [0.3, 0.4) is 0 Å². The number of halogens is 7. The zero-order valence-electron chi connectivity index (χ0n) is 24.3. The van der Waals surface area contributed by atoms with Crippen molar-refractivity contribution >= 4 is 64.3 Å². The second-order valence-electron chi connectivity index (χ2n) is 12.1. The third-order valence-electron chi connectivity index (χ3n) is 9.81. The van der Waals surface area contributed by atoms with Crippen LogP contribution in [0.15, 0.2) is 66.8 Å². The number of imide groups is 2. The molecule has 1 N–H and O–H groups in total. The number of rotatable bonds is 4. The van der Waals surface area contributed by atoms with Gasteiger partial charge in [-0.25, -0.2) is 26.9 Å². The van der Waals surface area contributed by atoms with Gasteiger partial charge in [-0.15, -0.1) is 23.2 Å². The lowest BCUT2D eigenvalue weighted by Crippen LogP contribution is -2.60. The number of benzene rings is 3. The number of hydrogen-bond acceptors (Lipinski definition) is 5. The molecule has 7 rings (SSSR count). The van der Waals surface area contributed by atoms with Crippen LogP contribution in [0.25, 0.3) is 6.08 Å². The number of carbonyl (C=O) groups excluding carboxylic acids is 4. The molecular formula is C34H21Cl2F5N2O5. The molecule has 0 spiro atoms. The molecule has 4 amide bonds. The first-order valence-corrected chi connectivity index (χ1v) is 15.3. The van der Waals surface area contributed by atoms with E-state index in [0.29, 0.717) is 0 Å². The number of alkyl halides is 2. The van der Waals surface area contributed by atoms with Gasteiger partial charge < -0.3 is 5.11 Å². The molecule has 0 aromatic heterocycles. The molecule has 2 heterocycles. The maximum absolute atomic E-state index is 15.1. The number of phenolic OH excluding ortho intramolecular Hbond substituents is 1. The molecule has 6 unspecified atom stereocenters. The molecule has 3 aromatic rings. The van der Waals surface area contributed by atoms with Crippen molar-refractivity contribution in [1.29, 1.82) is 0 Å². The van der Waals surface area contributed by atoms with Crippen LogP contribution in [0.4, 0.5) is 33.3 Å². The van der Waals surface area contributed by atoms with Crippen LogP contribution in [0.5, 0.6) is 5.75 Å². The molecule has 14 heteroatoms. The summed E-state index contributed by atoms with van der Waals surface area (Å²) in [5.41, 5.74) is -0.492. The first-order valence-electron chi connectivity index (χ1n) is 14.6. The Hall–Kier alpha value is -4.55. The highest BCUT2D eigenvalue weighted by atomic mass is 35.5. The van der Waals surface area contributed by atoms with Crippen LogP contribution in [-0.2, 0) is 19.2 Å². The van der Waals surface area contributed by atoms with E-state index in [2.05, 4.69) is 6.58 Å². The summed E-state index contributed by atoms with van der Waals surface area (Å²) >= 11 is 14.1. The summed E-state index contributed by atoms with van der Waals surface area (Å²) in [7, 11) is 0. The van der Waals surface area contributed by atoms with Gasteiger partial charge in [0.1, 0.15) is 11.4 Å². The first kappa shape index (κ1) is 32.0. The zero-order valence-corrected chi connectivity index (χ0v) is 25.8. The molecule has 2 aliphatic heterocycles. The quantitative estimate of drug-likeness (QED) is 0.0837. The van der Waals surface area contributed by atoms with Gasteiger partial charge >= 0.3 is 0 Å². The fourth-order valence-corrected chi connectivity index (χ4v) is 8.59. The second kappa shape index (κ2) is 10.7. The van der Waals surface area contributed by atoms with Gasteiger partial charge in [0.25, 0.3) is 11.8 Å². The Kier molecular flexibility index (Phi) is 7.16. The van der Waals surface area contributed by atoms with E-state index in [1.54, 1.807) is 36.4 Å². The molecular weight excluding hydrogens is 682 g/mol. The molecule has 2 saturated heterocycles. The van der Waals surface area contributed by atoms with Crippen LogP contribution in [0.2, 0.25) is 0 Å². The summed E-state index contributed by atoms with van der Waals surface area (Å²) in [5, 5.41) is 10.4. The van der Waals surface area contributed by atoms with Gasteiger partial charge in [-0.3, -0.25) is 24.1 Å². The average molecular weight is 703 g/mol. The highest BCUT2D eigenvalue weighted by molar-refractivity contribution is 6.58. The van der Waals surface area contributed by atoms with Crippen molar-refractivity contribution in [3.63, 3.8) is 0 Å². The molecule has 6 atom stereocenters. The molecule has 3 fully saturated rings. The third-order valence-corrected chi connectivity index (χ3v) is 11.2. The van der Waals surface area contributed by atoms with Crippen molar-refractivity contribution in [3.05, 3.63) is 107 Å². The van der Waals surface area contributed by atoms with E-state index in [-0.39, 0.29) is 33.9 Å². The predicted octanol–water partition coefficient (Wildman–Crippen LogP) is 6.50. The zero-order chi connectivity index (χ0) is 34.6. The molecule has 0 bridgehead atoms. The minimum Gasteiger partial charge on any atom is -0.508 e. The molecule has 48 heavy (non-hydrogen) atoms. The lowest BCUT2D eigenvalue weighted by molar-refractivity contribution is -0.125. The predicted molar refractivity (Wildman–Crippen MR) is 164 cm³/mol. The van der Waals surface area contributed by atoms with Crippen LogP contribution in [0, 0.1) is 46.8 Å². The Morgan fingerprint density at radius 3 is 2.04 bits per heavy atom. The van der Waals surface area contributed by atoms with E-state index in [4.69, 9.17) is 23.2 Å². The van der Waals surface area contributed by atoms with E-state index in [1.807, 2.05) is 0 Å². The number of phenols is 1. The lowest BCUT2D eigenvalue weighted by Gasteiger charge is -2.50. The highest BCUT2D eigenvalue weighted by Crippen LogP contribution is 2.66. The average Bonchev–Trinajstić information content (AvgIpc) is 3.41. The number of carbonyl (C=O) groups is 4. The maximum Gasteiger partial charge on any atom is 0.258 e. The summed E-state index contributed by atoms with van der Waals surface area (Å²) in [6.45, 7) is 3.68.